The Kier molecular flexibility index (Phi) is 4.81. The summed E-state index contributed by atoms with van der Waals surface area (Å²) in [4.78, 5) is 15.9. The first-order valence-corrected chi connectivity index (χ1v) is 7.57. The van der Waals surface area contributed by atoms with Gasteiger partial charge in [0.05, 0.1) is 18.4 Å². The van der Waals surface area contributed by atoms with Crippen molar-refractivity contribution in [2.75, 3.05) is 13.4 Å². The molecule has 1 N–H and O–H groups in total. The Morgan fingerprint density at radius 2 is 2.25 bits per heavy atom. The van der Waals surface area contributed by atoms with Crippen LogP contribution in [-0.4, -0.2) is 30.5 Å². The van der Waals surface area contributed by atoms with Crippen LogP contribution in [0, 0.1) is 0 Å². The lowest BCUT2D eigenvalue weighted by Crippen LogP contribution is -2.18. The highest BCUT2D eigenvalue weighted by Crippen LogP contribution is 2.37. The smallest absolute Gasteiger partial charge is 0.274 e. The average molecular weight is 348 g/mol. The molecule has 1 amide bonds. The largest absolute Gasteiger partial charge is 0.493 e. The van der Waals surface area contributed by atoms with Crippen molar-refractivity contribution in [3.63, 3.8) is 0 Å². The molecule has 0 spiro atoms. The Morgan fingerprint density at radius 3 is 3.00 bits per heavy atom. The van der Waals surface area contributed by atoms with Crippen LogP contribution >= 0.6 is 11.6 Å². The lowest BCUT2D eigenvalue weighted by molar-refractivity contribution is 0.0955. The van der Waals surface area contributed by atoms with Gasteiger partial charge in [-0.15, -0.1) is 0 Å². The van der Waals surface area contributed by atoms with Crippen LogP contribution in [0.5, 0.6) is 17.2 Å². The molecule has 0 fully saturated rings. The standard InChI is InChI=1S/C16H14ClN3O4/c1-2-22-12-7-14-13(23-9-24-14)6-10(12)8-19-20-16(21)11-4-3-5-18-15(11)17/h3-8H,2,9H2,1H3,(H,20,21)/b19-8-. The number of nitrogens with one attached hydrogen (secondary N) is 1. The molecule has 0 aliphatic carbocycles. The van der Waals surface area contributed by atoms with Crippen LogP contribution in [0.25, 0.3) is 0 Å². The van der Waals surface area contributed by atoms with Crippen molar-refractivity contribution >= 4 is 23.7 Å². The van der Waals surface area contributed by atoms with Crippen molar-refractivity contribution in [3.8, 4) is 17.2 Å². The van der Waals surface area contributed by atoms with E-state index in [0.29, 0.717) is 29.4 Å². The number of carbonyl (C=O) groups excluding carboxylic acids is 1. The Balaban J connectivity index is 1.77. The summed E-state index contributed by atoms with van der Waals surface area (Å²) in [6.45, 7) is 2.52. The van der Waals surface area contributed by atoms with E-state index in [2.05, 4.69) is 15.5 Å². The van der Waals surface area contributed by atoms with Crippen molar-refractivity contribution in [2.45, 2.75) is 6.92 Å². The van der Waals surface area contributed by atoms with E-state index >= 15 is 0 Å². The molecular weight excluding hydrogens is 334 g/mol. The first kappa shape index (κ1) is 16.1. The molecule has 0 atom stereocenters. The second-order valence-electron chi connectivity index (χ2n) is 4.72. The SMILES string of the molecule is CCOc1cc2c(cc1/C=N\NC(=O)c1cccnc1Cl)OCO2. The molecule has 7 nitrogen and oxygen atoms in total. The fraction of sp³-hybridized carbons (Fsp3) is 0.188. The number of aromatic nitrogens is 1. The normalized spacial score (nSPS) is 12.4. The molecule has 2 heterocycles. The lowest BCUT2D eigenvalue weighted by Gasteiger charge is -2.08. The Labute approximate surface area is 143 Å². The van der Waals surface area contributed by atoms with E-state index in [0.717, 1.165) is 0 Å². The molecule has 1 aliphatic heterocycles. The number of halogens is 1. The van der Waals surface area contributed by atoms with Crippen LogP contribution in [0.3, 0.4) is 0 Å². The van der Waals surface area contributed by atoms with Crippen molar-refractivity contribution in [2.24, 2.45) is 5.10 Å². The first-order valence-electron chi connectivity index (χ1n) is 7.19. The molecule has 0 saturated carbocycles. The van der Waals surface area contributed by atoms with Gasteiger partial charge < -0.3 is 14.2 Å². The van der Waals surface area contributed by atoms with Crippen LogP contribution in [0.4, 0.5) is 0 Å². The molecule has 0 bridgehead atoms. The van der Waals surface area contributed by atoms with E-state index in [1.165, 1.54) is 12.4 Å². The van der Waals surface area contributed by atoms with Crippen LogP contribution in [0.1, 0.15) is 22.8 Å². The minimum atomic E-state index is -0.456. The number of benzene rings is 1. The quantitative estimate of drug-likeness (QED) is 0.511. The average Bonchev–Trinajstić information content (AvgIpc) is 3.02. The molecule has 0 radical (unpaired) electrons. The third-order valence-electron chi connectivity index (χ3n) is 3.18. The number of nitrogens with zero attached hydrogens (tertiary/aromatic N) is 2. The second-order valence-corrected chi connectivity index (χ2v) is 5.08. The molecule has 1 aromatic heterocycles. The summed E-state index contributed by atoms with van der Waals surface area (Å²) in [6, 6.07) is 6.65. The fourth-order valence-corrected chi connectivity index (χ4v) is 2.30. The lowest BCUT2D eigenvalue weighted by atomic mass is 10.2. The van der Waals surface area contributed by atoms with E-state index in [4.69, 9.17) is 25.8 Å². The minimum absolute atomic E-state index is 0.114. The number of hydrogen-bond acceptors (Lipinski definition) is 6. The summed E-state index contributed by atoms with van der Waals surface area (Å²) >= 11 is 5.87. The number of rotatable bonds is 5. The molecule has 0 saturated heterocycles. The number of hydrogen-bond donors (Lipinski definition) is 1. The maximum Gasteiger partial charge on any atom is 0.274 e. The van der Waals surface area contributed by atoms with E-state index < -0.39 is 5.91 Å². The summed E-state index contributed by atoms with van der Waals surface area (Å²) in [5, 5.41) is 4.05. The van der Waals surface area contributed by atoms with E-state index in [9.17, 15) is 4.79 Å². The monoisotopic (exact) mass is 347 g/mol. The van der Waals surface area contributed by atoms with Crippen LogP contribution < -0.4 is 19.6 Å². The molecule has 24 heavy (non-hydrogen) atoms. The van der Waals surface area contributed by atoms with Crippen molar-refractivity contribution in [3.05, 3.63) is 46.7 Å². The predicted molar refractivity (Wildman–Crippen MR) is 88.0 cm³/mol. The Bertz CT molecular complexity index is 795. The number of carbonyl (C=O) groups is 1. The minimum Gasteiger partial charge on any atom is -0.493 e. The highest BCUT2D eigenvalue weighted by molar-refractivity contribution is 6.32. The van der Waals surface area contributed by atoms with E-state index in [1.807, 2.05) is 6.92 Å². The van der Waals surface area contributed by atoms with Gasteiger partial charge in [0.15, 0.2) is 11.5 Å². The zero-order chi connectivity index (χ0) is 16.9. The number of fused-ring (bicyclic) bond motifs is 1. The van der Waals surface area contributed by atoms with Gasteiger partial charge in [0.1, 0.15) is 10.9 Å². The molecule has 1 aromatic carbocycles. The molecule has 1 aliphatic rings. The van der Waals surface area contributed by atoms with Crippen LogP contribution in [0.15, 0.2) is 35.6 Å². The molecule has 8 heteroatoms. The van der Waals surface area contributed by atoms with Gasteiger partial charge in [-0.25, -0.2) is 10.4 Å². The van der Waals surface area contributed by atoms with Gasteiger partial charge in [0, 0.05) is 17.8 Å². The third kappa shape index (κ3) is 3.41. The predicted octanol–water partition coefficient (Wildman–Crippen LogP) is 2.63. The third-order valence-corrected chi connectivity index (χ3v) is 3.48. The topological polar surface area (TPSA) is 82.0 Å². The maximum absolute atomic E-state index is 12.0. The maximum atomic E-state index is 12.0. The highest BCUT2D eigenvalue weighted by Gasteiger charge is 2.17. The van der Waals surface area contributed by atoms with Gasteiger partial charge in [-0.1, -0.05) is 11.6 Å². The van der Waals surface area contributed by atoms with E-state index in [1.54, 1.807) is 24.3 Å². The van der Waals surface area contributed by atoms with Crippen LogP contribution in [-0.2, 0) is 0 Å². The Hall–Kier alpha value is -2.80. The molecular formula is C16H14ClN3O4. The summed E-state index contributed by atoms with van der Waals surface area (Å²) in [6.07, 6.45) is 2.97. The van der Waals surface area contributed by atoms with Crippen molar-refractivity contribution < 1.29 is 19.0 Å². The second kappa shape index (κ2) is 7.18. The molecule has 0 unspecified atom stereocenters. The fourth-order valence-electron chi connectivity index (χ4n) is 2.10. The van der Waals surface area contributed by atoms with Crippen molar-refractivity contribution in [1.29, 1.82) is 0 Å². The van der Waals surface area contributed by atoms with Crippen molar-refractivity contribution in [1.82, 2.24) is 10.4 Å². The van der Waals surface area contributed by atoms with Gasteiger partial charge in [-0.05, 0) is 25.1 Å². The van der Waals surface area contributed by atoms with E-state index in [-0.39, 0.29) is 17.5 Å². The zero-order valence-electron chi connectivity index (χ0n) is 12.8. The van der Waals surface area contributed by atoms with Gasteiger partial charge in [-0.2, -0.15) is 5.10 Å². The number of amides is 1. The number of ether oxygens (including phenoxy) is 3. The molecule has 3 rings (SSSR count). The van der Waals surface area contributed by atoms with Gasteiger partial charge >= 0.3 is 0 Å². The van der Waals surface area contributed by atoms with Crippen LogP contribution in [0.2, 0.25) is 5.15 Å². The van der Waals surface area contributed by atoms with Gasteiger partial charge in [0.25, 0.3) is 5.91 Å². The summed E-state index contributed by atoms with van der Waals surface area (Å²) in [5.74, 6) is 1.34. The van der Waals surface area contributed by atoms with Gasteiger partial charge in [-0.3, -0.25) is 4.79 Å². The molecule has 124 valence electrons. The summed E-state index contributed by atoms with van der Waals surface area (Å²) in [5.41, 5.74) is 3.30. The summed E-state index contributed by atoms with van der Waals surface area (Å²) in [7, 11) is 0. The highest BCUT2D eigenvalue weighted by atomic mass is 35.5. The molecule has 2 aromatic rings. The number of pyridine rings is 1. The zero-order valence-corrected chi connectivity index (χ0v) is 13.5. The summed E-state index contributed by atoms with van der Waals surface area (Å²) < 4.78 is 16.2. The Morgan fingerprint density at radius 1 is 1.46 bits per heavy atom. The number of hydrazone groups is 1. The van der Waals surface area contributed by atoms with Gasteiger partial charge in [0.2, 0.25) is 6.79 Å². The first-order chi connectivity index (χ1) is 11.7.